The van der Waals surface area contributed by atoms with Crippen molar-refractivity contribution in [2.24, 2.45) is 5.92 Å². The number of hydrogen-bond acceptors (Lipinski definition) is 7. The van der Waals surface area contributed by atoms with Gasteiger partial charge in [-0.05, 0) is 30.9 Å². The number of hydrazine groups is 1. The van der Waals surface area contributed by atoms with Crippen LogP contribution in [0.15, 0.2) is 23.1 Å². The summed E-state index contributed by atoms with van der Waals surface area (Å²) in [6.45, 7) is 0.782. The molecule has 7 nitrogen and oxygen atoms in total. The number of nitro groups is 1. The average molecular weight is 438 g/mol. The van der Waals surface area contributed by atoms with Gasteiger partial charge in [-0.2, -0.15) is 13.2 Å². The van der Waals surface area contributed by atoms with Crippen LogP contribution < -0.4 is 16.1 Å². The van der Waals surface area contributed by atoms with Crippen LogP contribution in [0.3, 0.4) is 0 Å². The van der Waals surface area contributed by atoms with Crippen molar-refractivity contribution in [2.45, 2.75) is 53.5 Å². The van der Waals surface area contributed by atoms with E-state index in [1.54, 1.807) is 0 Å². The summed E-state index contributed by atoms with van der Waals surface area (Å²) in [6.07, 6.45) is -1.69. The van der Waals surface area contributed by atoms with E-state index in [1.165, 1.54) is 0 Å². The number of nitrogens with zero attached hydrogens (tertiary/aromatic N) is 2. The van der Waals surface area contributed by atoms with Crippen LogP contribution in [-0.4, -0.2) is 39.7 Å². The van der Waals surface area contributed by atoms with Gasteiger partial charge in [0.2, 0.25) is 0 Å². The zero-order chi connectivity index (χ0) is 20.1. The molecule has 3 N–H and O–H groups in total. The molecule has 4 rings (SSSR count). The topological polar surface area (TPSA) is 82.5 Å². The van der Waals surface area contributed by atoms with Crippen molar-refractivity contribution in [3.05, 3.63) is 33.9 Å². The second-order valence-electron chi connectivity index (χ2n) is 7.19. The average Bonchev–Trinajstić information content (AvgIpc) is 3.01. The van der Waals surface area contributed by atoms with Crippen LogP contribution in [0.2, 0.25) is 0 Å². The normalized spacial score (nSPS) is 33.4. The first-order chi connectivity index (χ1) is 13.2. The molecule has 1 aromatic carbocycles. The Morgan fingerprint density at radius 1 is 1.29 bits per heavy atom. The summed E-state index contributed by atoms with van der Waals surface area (Å²) in [5, 5.41) is 20.1. The van der Waals surface area contributed by atoms with Crippen LogP contribution in [0.25, 0.3) is 0 Å². The monoisotopic (exact) mass is 437 g/mol. The highest BCUT2D eigenvalue weighted by molar-refractivity contribution is 8.00. The van der Waals surface area contributed by atoms with Gasteiger partial charge in [-0.25, -0.2) is 10.4 Å². The van der Waals surface area contributed by atoms with E-state index >= 15 is 0 Å². The van der Waals surface area contributed by atoms with Crippen LogP contribution in [0.4, 0.5) is 18.9 Å². The molecule has 5 unspecified atom stereocenters. The first-order valence-corrected chi connectivity index (χ1v) is 10.3. The van der Waals surface area contributed by atoms with Crippen molar-refractivity contribution in [2.75, 3.05) is 6.54 Å². The Morgan fingerprint density at radius 2 is 2.07 bits per heavy atom. The molecule has 0 aromatic heterocycles. The zero-order valence-electron chi connectivity index (χ0n) is 14.6. The fraction of sp³-hybridized carbons (Fsp3) is 0.625. The Bertz CT molecular complexity index is 770. The molecular weight excluding hydrogens is 419 g/mol. The molecule has 3 aliphatic rings. The number of halogens is 4. The van der Waals surface area contributed by atoms with Crippen LogP contribution >= 0.6 is 23.4 Å². The smallest absolute Gasteiger partial charge is 0.284 e. The number of benzene rings is 1. The molecule has 12 heteroatoms. The lowest BCUT2D eigenvalue weighted by Crippen LogP contribution is -2.65. The van der Waals surface area contributed by atoms with E-state index in [-0.39, 0.29) is 22.6 Å². The molecule has 2 saturated heterocycles. The van der Waals surface area contributed by atoms with E-state index in [1.807, 2.05) is 5.01 Å². The minimum Gasteiger partial charge on any atom is -0.284 e. The number of thioether (sulfide) groups is 1. The molecule has 5 atom stereocenters. The fourth-order valence-corrected chi connectivity index (χ4v) is 5.50. The van der Waals surface area contributed by atoms with Gasteiger partial charge >= 0.3 is 6.18 Å². The minimum atomic E-state index is -4.63. The third-order valence-corrected chi connectivity index (χ3v) is 6.93. The molecule has 2 heterocycles. The summed E-state index contributed by atoms with van der Waals surface area (Å²) >= 11 is 7.53. The van der Waals surface area contributed by atoms with Gasteiger partial charge in [0.25, 0.3) is 5.69 Å². The van der Waals surface area contributed by atoms with Crippen molar-refractivity contribution in [3.63, 3.8) is 0 Å². The number of nitrogens with one attached hydrogen (secondary N) is 3. The highest BCUT2D eigenvalue weighted by atomic mass is 35.5. The largest absolute Gasteiger partial charge is 0.416 e. The number of hydrogen-bond donors (Lipinski definition) is 3. The van der Waals surface area contributed by atoms with Crippen molar-refractivity contribution in [1.82, 2.24) is 21.1 Å². The maximum atomic E-state index is 12.9. The molecule has 0 radical (unpaired) electrons. The molecule has 1 aliphatic carbocycles. The third kappa shape index (κ3) is 3.96. The van der Waals surface area contributed by atoms with Crippen molar-refractivity contribution in [3.8, 4) is 0 Å². The molecular formula is C16H19ClF3N5O2S. The summed E-state index contributed by atoms with van der Waals surface area (Å²) in [7, 11) is 0. The van der Waals surface area contributed by atoms with Crippen molar-refractivity contribution in [1.29, 1.82) is 0 Å². The molecule has 154 valence electrons. The van der Waals surface area contributed by atoms with Crippen molar-refractivity contribution < 1.29 is 18.1 Å². The third-order valence-electron chi connectivity index (χ3n) is 5.37. The van der Waals surface area contributed by atoms with Gasteiger partial charge in [-0.3, -0.25) is 20.7 Å². The predicted octanol–water partition coefficient (Wildman–Crippen LogP) is 3.06. The van der Waals surface area contributed by atoms with Crippen molar-refractivity contribution >= 4 is 29.1 Å². The summed E-state index contributed by atoms with van der Waals surface area (Å²) in [5.41, 5.74) is 1.23. The van der Waals surface area contributed by atoms with Crippen LogP contribution in [0.5, 0.6) is 0 Å². The highest BCUT2D eigenvalue weighted by Gasteiger charge is 2.44. The zero-order valence-corrected chi connectivity index (χ0v) is 16.2. The molecule has 3 fully saturated rings. The van der Waals surface area contributed by atoms with Crippen LogP contribution in [0.1, 0.15) is 24.8 Å². The summed E-state index contributed by atoms with van der Waals surface area (Å²) in [6, 6.07) is 2.78. The quantitative estimate of drug-likeness (QED) is 0.381. The van der Waals surface area contributed by atoms with E-state index in [9.17, 15) is 23.3 Å². The highest BCUT2D eigenvalue weighted by Crippen LogP contribution is 2.39. The Balaban J connectivity index is 1.48. The molecule has 1 saturated carbocycles. The van der Waals surface area contributed by atoms with Gasteiger partial charge in [0, 0.05) is 24.0 Å². The summed E-state index contributed by atoms with van der Waals surface area (Å²) in [4.78, 5) is 10.7. The van der Waals surface area contributed by atoms with Gasteiger partial charge in [-0.15, -0.1) is 11.6 Å². The Kier molecular flexibility index (Phi) is 5.49. The van der Waals surface area contributed by atoms with Gasteiger partial charge in [-0.1, -0.05) is 18.2 Å². The first kappa shape index (κ1) is 20.2. The Morgan fingerprint density at radius 3 is 2.79 bits per heavy atom. The first-order valence-electron chi connectivity index (χ1n) is 8.93. The molecule has 0 spiro atoms. The molecule has 0 bridgehead atoms. The molecule has 2 aliphatic heterocycles. The standard InChI is InChI=1S/C16H19ClF3N5O2S/c17-10-3-1-2-8-7-24-14(21-13(8)10)22-15(23-24)28-12-5-4-9(16(18,19)20)6-11(12)25(26)27/h4-6,8,10,13-15,21-23H,1-3,7H2. The van der Waals surface area contributed by atoms with E-state index in [0.717, 1.165) is 49.7 Å². The van der Waals surface area contributed by atoms with Gasteiger partial charge in [0.1, 0.15) is 11.8 Å². The second-order valence-corrected chi connectivity index (χ2v) is 8.89. The van der Waals surface area contributed by atoms with Gasteiger partial charge in [0.05, 0.1) is 15.4 Å². The van der Waals surface area contributed by atoms with E-state index < -0.39 is 27.8 Å². The summed E-state index contributed by atoms with van der Waals surface area (Å²) in [5.74, 6) is 0.408. The second kappa shape index (κ2) is 7.62. The number of nitro benzene ring substituents is 1. The van der Waals surface area contributed by atoms with E-state index in [0.29, 0.717) is 12.0 Å². The maximum Gasteiger partial charge on any atom is 0.416 e. The number of alkyl halides is 4. The number of fused-ring (bicyclic) bond motifs is 2. The van der Waals surface area contributed by atoms with E-state index in [2.05, 4.69) is 16.1 Å². The lowest BCUT2D eigenvalue weighted by atomic mass is 9.83. The molecule has 0 amide bonds. The van der Waals surface area contributed by atoms with Crippen LogP contribution in [-0.2, 0) is 6.18 Å². The fourth-order valence-electron chi connectivity index (χ4n) is 4.03. The van der Waals surface area contributed by atoms with Gasteiger partial charge in [0.15, 0.2) is 0 Å². The Labute approximate surface area is 168 Å². The predicted molar refractivity (Wildman–Crippen MR) is 98.4 cm³/mol. The molecule has 28 heavy (non-hydrogen) atoms. The summed E-state index contributed by atoms with van der Waals surface area (Å²) < 4.78 is 38.6. The lowest BCUT2D eigenvalue weighted by Gasteiger charge is -2.45. The van der Waals surface area contributed by atoms with Crippen LogP contribution in [0, 0.1) is 16.0 Å². The Hall–Kier alpha value is -1.11. The van der Waals surface area contributed by atoms with E-state index in [4.69, 9.17) is 11.6 Å². The number of rotatable bonds is 3. The maximum absolute atomic E-state index is 12.9. The minimum absolute atomic E-state index is 0.0606. The SMILES string of the molecule is O=[N+]([O-])c1cc(C(F)(F)F)ccc1SC1NC2NC3C(Cl)CCCC3CN2N1. The van der Waals surface area contributed by atoms with Gasteiger partial charge < -0.3 is 0 Å². The lowest BCUT2D eigenvalue weighted by molar-refractivity contribution is -0.388. The molecule has 1 aromatic rings.